The summed E-state index contributed by atoms with van der Waals surface area (Å²) in [5.41, 5.74) is -4.73. The molecule has 1 rings (SSSR count). The maximum atomic E-state index is 5.89. The zero-order valence-corrected chi connectivity index (χ0v) is 22.4. The molecule has 1 aliphatic carbocycles. The third-order valence-corrected chi connectivity index (χ3v) is 3.47. The quantitative estimate of drug-likeness (QED) is 0.310. The lowest BCUT2D eigenvalue weighted by Gasteiger charge is -2.39. The molecule has 0 saturated heterocycles. The highest BCUT2D eigenvalue weighted by molar-refractivity contribution is 5.36. The Balaban J connectivity index is 3.45. The molecule has 0 radical (unpaired) electrons. The first kappa shape index (κ1) is 28.9. The minimum Gasteiger partial charge on any atom is -0.338 e. The summed E-state index contributed by atoms with van der Waals surface area (Å²) in [7, 11) is 0. The minimum atomic E-state index is -1.34. The van der Waals surface area contributed by atoms with E-state index in [0.717, 1.165) is 0 Å². The second-order valence-corrected chi connectivity index (χ2v) is 12.4. The zero-order valence-electron chi connectivity index (χ0n) is 22.4. The highest BCUT2D eigenvalue weighted by Gasteiger charge is 2.50. The number of rotatable bonds is 8. The molecule has 1 aliphatic rings. The predicted octanol–water partition coefficient (Wildman–Crippen LogP) is 6.27. The van der Waals surface area contributed by atoms with Crippen molar-refractivity contribution in [1.29, 1.82) is 0 Å². The maximum absolute atomic E-state index is 5.89. The van der Waals surface area contributed by atoms with Crippen molar-refractivity contribution < 1.29 is 39.1 Å². The van der Waals surface area contributed by atoms with Gasteiger partial charge >= 0.3 is 0 Å². The molecule has 0 fully saturated rings. The van der Waals surface area contributed by atoms with E-state index >= 15 is 0 Å². The largest absolute Gasteiger partial charge is 0.338 e. The third-order valence-electron chi connectivity index (χ3n) is 3.47. The van der Waals surface area contributed by atoms with E-state index in [9.17, 15) is 0 Å². The summed E-state index contributed by atoms with van der Waals surface area (Å²) < 4.78 is 0. The van der Waals surface area contributed by atoms with Crippen molar-refractivity contribution >= 4 is 0 Å². The summed E-state index contributed by atoms with van der Waals surface area (Å²) in [5.74, 6) is 0.512. The summed E-state index contributed by atoms with van der Waals surface area (Å²) >= 11 is 0. The Morgan fingerprint density at radius 3 is 1.12 bits per heavy atom. The van der Waals surface area contributed by atoms with Gasteiger partial charge in [0.1, 0.15) is 16.8 Å². The summed E-state index contributed by atoms with van der Waals surface area (Å²) in [5, 5.41) is 0. The maximum Gasteiger partial charge on any atom is 0.221 e. The molecule has 0 bridgehead atoms. The molecule has 0 spiro atoms. The lowest BCUT2D eigenvalue weighted by molar-refractivity contribution is -0.430. The van der Waals surface area contributed by atoms with E-state index in [0.29, 0.717) is 0 Å². The topological polar surface area (TPSA) is 73.8 Å². The first-order valence-electron chi connectivity index (χ1n) is 11.0. The second-order valence-electron chi connectivity index (χ2n) is 12.4. The Hall–Kier alpha value is -1.16. The molecule has 0 aromatic heterocycles. The summed E-state index contributed by atoms with van der Waals surface area (Å²) in [6, 6.07) is 0. The lowest BCUT2D eigenvalue weighted by atomic mass is 9.88. The second kappa shape index (κ2) is 9.60. The molecule has 0 saturated carbocycles. The molecule has 0 aromatic rings. The van der Waals surface area contributed by atoms with Crippen molar-refractivity contribution in [3.05, 3.63) is 23.7 Å². The van der Waals surface area contributed by atoms with Gasteiger partial charge in [-0.25, -0.2) is 19.6 Å². The molecule has 0 unspecified atom stereocenters. The van der Waals surface area contributed by atoms with Crippen LogP contribution in [0.1, 0.15) is 96.9 Å². The van der Waals surface area contributed by atoms with E-state index in [1.54, 1.807) is 26.0 Å². The summed E-state index contributed by atoms with van der Waals surface area (Å²) in [6.45, 7) is 26.0. The van der Waals surface area contributed by atoms with Crippen LogP contribution in [-0.2, 0) is 39.1 Å². The monoisotopic (exact) mass is 460 g/mol. The van der Waals surface area contributed by atoms with Crippen LogP contribution < -0.4 is 0 Å². The lowest BCUT2D eigenvalue weighted by Crippen LogP contribution is -2.46. The Labute approximate surface area is 193 Å². The molecule has 0 atom stereocenters. The van der Waals surface area contributed by atoms with Gasteiger partial charge in [-0.05, 0) is 109 Å². The van der Waals surface area contributed by atoms with Crippen molar-refractivity contribution in [1.82, 2.24) is 0 Å². The Bertz CT molecular complexity index is 645. The van der Waals surface area contributed by atoms with E-state index in [2.05, 4.69) is 0 Å². The molecule has 0 N–H and O–H groups in total. The van der Waals surface area contributed by atoms with Crippen LogP contribution in [-0.4, -0.2) is 33.6 Å². The summed E-state index contributed by atoms with van der Waals surface area (Å²) in [4.78, 5) is 45.6. The standard InChI is InChI=1S/C24H44O8/c1-19(2,3)27-25-17-15-23(13,31-29-21(7,8)9)16-18(26-28-20(4,5)6)24(17,14)32-30-22(10,11)12/h15-16H,1-14H3. The van der Waals surface area contributed by atoms with E-state index < -0.39 is 33.6 Å². The third kappa shape index (κ3) is 10.2. The Morgan fingerprint density at radius 2 is 0.812 bits per heavy atom. The highest BCUT2D eigenvalue weighted by atomic mass is 17.3. The van der Waals surface area contributed by atoms with Gasteiger partial charge in [0, 0.05) is 0 Å². The van der Waals surface area contributed by atoms with Gasteiger partial charge in [-0.15, -0.1) is 0 Å². The molecule has 8 heteroatoms. The summed E-state index contributed by atoms with van der Waals surface area (Å²) in [6.07, 6.45) is 3.39. The van der Waals surface area contributed by atoms with Gasteiger partial charge in [-0.1, -0.05) is 0 Å². The number of hydrogen-bond donors (Lipinski definition) is 0. The Morgan fingerprint density at radius 1 is 0.500 bits per heavy atom. The first-order valence-corrected chi connectivity index (χ1v) is 11.0. The average molecular weight is 461 g/mol. The molecule has 8 nitrogen and oxygen atoms in total. The van der Waals surface area contributed by atoms with E-state index in [1.165, 1.54) is 0 Å². The van der Waals surface area contributed by atoms with Crippen LogP contribution in [0.15, 0.2) is 23.7 Å². The Kier molecular flexibility index (Phi) is 8.66. The van der Waals surface area contributed by atoms with Crippen LogP contribution >= 0.6 is 0 Å². The first-order chi connectivity index (χ1) is 14.0. The smallest absolute Gasteiger partial charge is 0.221 e. The molecule has 0 amide bonds. The fourth-order valence-electron chi connectivity index (χ4n) is 2.06. The van der Waals surface area contributed by atoms with Crippen molar-refractivity contribution in [2.24, 2.45) is 0 Å². The SMILES string of the molecule is CC(C)(C)OOC1=CC(C)(OOC(C)(C)C)C=C(OOC(C)(C)C)C1(C)OOC(C)(C)C. The molecule has 0 aromatic carbocycles. The normalized spacial score (nSPS) is 25.3. The van der Waals surface area contributed by atoms with Crippen molar-refractivity contribution in [3.8, 4) is 0 Å². The van der Waals surface area contributed by atoms with Gasteiger partial charge in [0.2, 0.25) is 5.60 Å². The van der Waals surface area contributed by atoms with Gasteiger partial charge in [0.05, 0.1) is 11.2 Å². The average Bonchev–Trinajstić information content (AvgIpc) is 2.55. The van der Waals surface area contributed by atoms with E-state index in [1.807, 2.05) is 83.1 Å². The van der Waals surface area contributed by atoms with E-state index in [4.69, 9.17) is 39.1 Å². The minimum absolute atomic E-state index is 0.256. The van der Waals surface area contributed by atoms with Crippen molar-refractivity contribution in [3.63, 3.8) is 0 Å². The van der Waals surface area contributed by atoms with Crippen LogP contribution in [0.4, 0.5) is 0 Å². The van der Waals surface area contributed by atoms with Gasteiger partial charge < -0.3 is 9.78 Å². The van der Waals surface area contributed by atoms with Gasteiger partial charge in [-0.3, -0.25) is 0 Å². The molecular weight excluding hydrogens is 416 g/mol. The fourth-order valence-corrected chi connectivity index (χ4v) is 2.06. The van der Waals surface area contributed by atoms with Gasteiger partial charge in [0.15, 0.2) is 11.5 Å². The molecule has 0 aliphatic heterocycles. The van der Waals surface area contributed by atoms with Crippen LogP contribution in [0.3, 0.4) is 0 Å². The van der Waals surface area contributed by atoms with Crippen LogP contribution in [0, 0.1) is 0 Å². The molecule has 0 heterocycles. The van der Waals surface area contributed by atoms with Gasteiger partial charge in [-0.2, -0.15) is 9.78 Å². The highest BCUT2D eigenvalue weighted by Crippen LogP contribution is 2.42. The van der Waals surface area contributed by atoms with Crippen molar-refractivity contribution in [2.75, 3.05) is 0 Å². The van der Waals surface area contributed by atoms with Crippen molar-refractivity contribution in [2.45, 2.75) is 131 Å². The van der Waals surface area contributed by atoms with Gasteiger partial charge in [0.25, 0.3) is 0 Å². The fraction of sp³-hybridized carbons (Fsp3) is 0.833. The van der Waals surface area contributed by atoms with Crippen LogP contribution in [0.25, 0.3) is 0 Å². The van der Waals surface area contributed by atoms with E-state index in [-0.39, 0.29) is 11.5 Å². The molecular formula is C24H44O8. The zero-order chi connectivity index (χ0) is 25.2. The molecule has 32 heavy (non-hydrogen) atoms. The number of hydrogen-bond acceptors (Lipinski definition) is 8. The molecule has 188 valence electrons. The van der Waals surface area contributed by atoms with Crippen LogP contribution in [0.2, 0.25) is 0 Å². The van der Waals surface area contributed by atoms with Crippen LogP contribution in [0.5, 0.6) is 0 Å². The predicted molar refractivity (Wildman–Crippen MR) is 121 cm³/mol.